The van der Waals surface area contributed by atoms with Crippen molar-refractivity contribution in [3.63, 3.8) is 0 Å². The Hall–Kier alpha value is -1.65. The summed E-state index contributed by atoms with van der Waals surface area (Å²) in [5, 5.41) is 0. The van der Waals surface area contributed by atoms with E-state index in [2.05, 4.69) is 20.8 Å². The molecule has 2 aliphatic carbocycles. The summed E-state index contributed by atoms with van der Waals surface area (Å²) in [6, 6.07) is 0. The minimum Gasteiger partial charge on any atom is -0.458 e. The molecule has 0 aromatic heterocycles. The molecule has 0 aromatic rings. The van der Waals surface area contributed by atoms with Gasteiger partial charge in [-0.2, -0.15) is 0 Å². The van der Waals surface area contributed by atoms with Gasteiger partial charge in [0.25, 0.3) is 0 Å². The summed E-state index contributed by atoms with van der Waals surface area (Å²) in [5.41, 5.74) is 1.36. The minimum absolute atomic E-state index is 0.0841. The van der Waals surface area contributed by atoms with Crippen LogP contribution in [0, 0.1) is 17.3 Å². The number of hydrogen-bond acceptors (Lipinski definition) is 4. The normalized spacial score (nSPS) is 31.6. The second kappa shape index (κ2) is 6.93. The number of nitrogens with zero attached hydrogens (tertiary/aromatic N) is 1. The monoisotopic (exact) mass is 347 g/mol. The van der Waals surface area contributed by atoms with E-state index in [9.17, 15) is 14.4 Å². The smallest absolute Gasteiger partial charge is 0.308 e. The molecule has 138 valence electrons. The number of carbonyl (C=O) groups excluding carboxylic acids is 3. The summed E-state index contributed by atoms with van der Waals surface area (Å²) in [6.07, 6.45) is 7.35. The fourth-order valence-electron chi connectivity index (χ4n) is 4.76. The molecule has 25 heavy (non-hydrogen) atoms. The van der Waals surface area contributed by atoms with E-state index in [0.29, 0.717) is 0 Å². The van der Waals surface area contributed by atoms with E-state index in [-0.39, 0.29) is 54.1 Å². The summed E-state index contributed by atoms with van der Waals surface area (Å²) in [4.78, 5) is 38.4. The third-order valence-electron chi connectivity index (χ3n) is 5.74. The lowest BCUT2D eigenvalue weighted by atomic mass is 9.76. The van der Waals surface area contributed by atoms with Crippen LogP contribution in [0.5, 0.6) is 0 Å². The van der Waals surface area contributed by atoms with E-state index in [1.54, 1.807) is 0 Å². The molecule has 0 aromatic carbocycles. The average molecular weight is 347 g/mol. The van der Waals surface area contributed by atoms with E-state index in [0.717, 1.165) is 38.5 Å². The highest BCUT2D eigenvalue weighted by Crippen LogP contribution is 2.38. The van der Waals surface area contributed by atoms with Crippen LogP contribution in [-0.2, 0) is 19.1 Å². The lowest BCUT2D eigenvalue weighted by Gasteiger charge is -2.33. The Kier molecular flexibility index (Phi) is 5.03. The number of allylic oxidation sites excluding steroid dienone is 1. The number of fused-ring (bicyclic) bond motifs is 1. The fourth-order valence-corrected chi connectivity index (χ4v) is 4.76. The highest BCUT2D eigenvalue weighted by molar-refractivity contribution is 6.05. The maximum atomic E-state index is 12.4. The van der Waals surface area contributed by atoms with Gasteiger partial charge in [-0.1, -0.05) is 32.3 Å². The molecule has 1 aliphatic heterocycles. The van der Waals surface area contributed by atoms with E-state index >= 15 is 0 Å². The number of likely N-dealkylation sites (tertiary alicyclic amines) is 1. The van der Waals surface area contributed by atoms with Gasteiger partial charge in [0.15, 0.2) is 0 Å². The molecule has 5 nitrogen and oxygen atoms in total. The second-order valence-electron chi connectivity index (χ2n) is 8.66. The number of carbonyl (C=O) groups is 3. The average Bonchev–Trinajstić information content (AvgIpc) is 2.75. The van der Waals surface area contributed by atoms with Crippen molar-refractivity contribution in [1.82, 2.24) is 4.90 Å². The van der Waals surface area contributed by atoms with E-state index < -0.39 is 0 Å². The summed E-state index contributed by atoms with van der Waals surface area (Å²) in [7, 11) is 0. The molecule has 3 unspecified atom stereocenters. The number of rotatable bonds is 4. The zero-order valence-corrected chi connectivity index (χ0v) is 15.5. The minimum atomic E-state index is -0.331. The van der Waals surface area contributed by atoms with Crippen LogP contribution in [-0.4, -0.2) is 35.3 Å². The number of hydrogen-bond donors (Lipinski definition) is 0. The molecular weight excluding hydrogens is 318 g/mol. The van der Waals surface area contributed by atoms with Gasteiger partial charge >= 0.3 is 5.97 Å². The van der Waals surface area contributed by atoms with Crippen molar-refractivity contribution < 1.29 is 19.1 Å². The van der Waals surface area contributed by atoms with Gasteiger partial charge in [-0.15, -0.1) is 0 Å². The largest absolute Gasteiger partial charge is 0.458 e. The Balaban J connectivity index is 1.53. The van der Waals surface area contributed by atoms with Crippen LogP contribution >= 0.6 is 0 Å². The van der Waals surface area contributed by atoms with Gasteiger partial charge in [0.05, 0.1) is 18.3 Å². The van der Waals surface area contributed by atoms with Crippen molar-refractivity contribution in [3.8, 4) is 0 Å². The zero-order chi connectivity index (χ0) is 18.2. The Morgan fingerprint density at radius 2 is 1.80 bits per heavy atom. The van der Waals surface area contributed by atoms with Crippen molar-refractivity contribution in [3.05, 3.63) is 11.6 Å². The maximum absolute atomic E-state index is 12.4. The highest BCUT2D eigenvalue weighted by atomic mass is 16.5. The van der Waals surface area contributed by atoms with Gasteiger partial charge in [-0.05, 0) is 44.1 Å². The summed E-state index contributed by atoms with van der Waals surface area (Å²) >= 11 is 0. The number of imide groups is 1. The van der Waals surface area contributed by atoms with E-state index in [1.807, 2.05) is 6.08 Å². The maximum Gasteiger partial charge on any atom is 0.308 e. The van der Waals surface area contributed by atoms with Crippen LogP contribution in [0.1, 0.15) is 65.7 Å². The molecule has 2 amide bonds. The van der Waals surface area contributed by atoms with Crippen LogP contribution in [0.15, 0.2) is 11.6 Å². The van der Waals surface area contributed by atoms with E-state index in [4.69, 9.17) is 4.74 Å². The van der Waals surface area contributed by atoms with Crippen molar-refractivity contribution in [2.45, 2.75) is 71.8 Å². The van der Waals surface area contributed by atoms with Crippen molar-refractivity contribution in [1.29, 1.82) is 0 Å². The highest BCUT2D eigenvalue weighted by Gasteiger charge is 2.47. The molecule has 5 heteroatoms. The molecule has 0 spiro atoms. The number of esters is 1. The van der Waals surface area contributed by atoms with Crippen molar-refractivity contribution >= 4 is 17.8 Å². The Labute approximate surface area is 149 Å². The Morgan fingerprint density at radius 1 is 1.20 bits per heavy atom. The van der Waals surface area contributed by atoms with Crippen LogP contribution < -0.4 is 0 Å². The predicted molar refractivity (Wildman–Crippen MR) is 93.4 cm³/mol. The first-order valence-electron chi connectivity index (χ1n) is 9.49. The van der Waals surface area contributed by atoms with Crippen molar-refractivity contribution in [2.24, 2.45) is 17.3 Å². The molecule has 3 atom stereocenters. The van der Waals surface area contributed by atoms with Gasteiger partial charge in [0.2, 0.25) is 11.8 Å². The fraction of sp³-hybridized carbons (Fsp3) is 0.750. The quantitative estimate of drug-likeness (QED) is 0.445. The van der Waals surface area contributed by atoms with E-state index in [1.165, 1.54) is 10.5 Å². The molecular formula is C20H29NO4. The molecule has 3 aliphatic rings. The molecule has 2 fully saturated rings. The lowest BCUT2D eigenvalue weighted by molar-refractivity contribution is -0.149. The predicted octanol–water partition coefficient (Wildman–Crippen LogP) is 3.23. The molecule has 0 N–H and O–H groups in total. The number of ether oxygens (including phenoxy) is 1. The first-order chi connectivity index (χ1) is 11.8. The SMILES string of the molecule is CC1=CC(OC(=O)CCN2C(=O)C3CCCCC3C2=O)CC(C)(C)C1. The van der Waals surface area contributed by atoms with Crippen LogP contribution in [0.25, 0.3) is 0 Å². The first kappa shape index (κ1) is 18.2. The molecule has 1 saturated carbocycles. The Bertz CT molecular complexity index is 583. The lowest BCUT2D eigenvalue weighted by Crippen LogP contribution is -2.34. The zero-order valence-electron chi connectivity index (χ0n) is 15.5. The van der Waals surface area contributed by atoms with Gasteiger partial charge in [0, 0.05) is 6.54 Å². The topological polar surface area (TPSA) is 63.7 Å². The molecule has 1 saturated heterocycles. The van der Waals surface area contributed by atoms with Crippen LogP contribution in [0.2, 0.25) is 0 Å². The first-order valence-corrected chi connectivity index (χ1v) is 9.49. The van der Waals surface area contributed by atoms with Gasteiger partial charge < -0.3 is 4.74 Å². The molecule has 0 bridgehead atoms. The Morgan fingerprint density at radius 3 is 2.36 bits per heavy atom. The van der Waals surface area contributed by atoms with Crippen molar-refractivity contribution in [2.75, 3.05) is 6.54 Å². The summed E-state index contributed by atoms with van der Waals surface area (Å²) < 4.78 is 5.58. The van der Waals surface area contributed by atoms with Gasteiger partial charge in [0.1, 0.15) is 6.10 Å². The summed E-state index contributed by atoms with van der Waals surface area (Å²) in [6.45, 7) is 6.56. The second-order valence-corrected chi connectivity index (χ2v) is 8.66. The van der Waals surface area contributed by atoms with Gasteiger partial charge in [-0.3, -0.25) is 19.3 Å². The molecule has 0 radical (unpaired) electrons. The standard InChI is InChI=1S/C20H29NO4/c1-13-10-14(12-20(2,3)11-13)25-17(22)8-9-21-18(23)15-6-4-5-7-16(15)19(21)24/h10,14-16H,4-9,11-12H2,1-3H3. The third-order valence-corrected chi connectivity index (χ3v) is 5.74. The molecule has 3 rings (SSSR count). The number of amides is 2. The van der Waals surface area contributed by atoms with Gasteiger partial charge in [-0.25, -0.2) is 0 Å². The summed E-state index contributed by atoms with van der Waals surface area (Å²) in [5.74, 6) is -0.805. The van der Waals surface area contributed by atoms with Crippen LogP contribution in [0.3, 0.4) is 0 Å². The molecule has 1 heterocycles. The third kappa shape index (κ3) is 3.96. The van der Waals surface area contributed by atoms with Crippen LogP contribution in [0.4, 0.5) is 0 Å².